The molecule has 1 aromatic rings. The van der Waals surface area contributed by atoms with Crippen molar-refractivity contribution in [2.24, 2.45) is 0 Å². The largest absolute Gasteiger partial charge is 0.490 e. The summed E-state index contributed by atoms with van der Waals surface area (Å²) in [5, 5.41) is 11.3. The van der Waals surface area contributed by atoms with E-state index in [0.29, 0.717) is 30.9 Å². The number of aliphatic carboxylic acids is 1. The highest BCUT2D eigenvalue weighted by molar-refractivity contribution is 5.95. The number of amides is 2. The van der Waals surface area contributed by atoms with Crippen LogP contribution in [-0.4, -0.2) is 72.8 Å². The Bertz CT molecular complexity index is 656. The zero-order valence-corrected chi connectivity index (χ0v) is 14.7. The van der Waals surface area contributed by atoms with Crippen LogP contribution in [0.1, 0.15) is 16.8 Å². The van der Waals surface area contributed by atoms with Crippen molar-refractivity contribution in [2.75, 3.05) is 39.1 Å². The number of carboxylic acids is 1. The number of nitrogens with one attached hydrogen (secondary N) is 1. The molecule has 0 saturated carbocycles. The highest BCUT2D eigenvalue weighted by atomic mass is 19.4. The summed E-state index contributed by atoms with van der Waals surface area (Å²) < 4.78 is 31.7. The number of carbonyl (C=O) groups excluding carboxylic acids is 2. The fourth-order valence-corrected chi connectivity index (χ4v) is 1.94. The zero-order chi connectivity index (χ0) is 20.6. The van der Waals surface area contributed by atoms with Crippen LogP contribution in [0.2, 0.25) is 0 Å². The number of hydroxylamine groups is 2. The molecule has 2 N–H and O–H groups in total. The van der Waals surface area contributed by atoms with Gasteiger partial charge in [-0.25, -0.2) is 9.86 Å². The molecule has 0 aliphatic carbocycles. The maximum Gasteiger partial charge on any atom is 0.490 e. The fourth-order valence-electron chi connectivity index (χ4n) is 1.94. The molecule has 1 fully saturated rings. The van der Waals surface area contributed by atoms with E-state index in [1.54, 1.807) is 29.2 Å². The van der Waals surface area contributed by atoms with Crippen LogP contribution >= 0.6 is 0 Å². The van der Waals surface area contributed by atoms with Crippen molar-refractivity contribution in [1.29, 1.82) is 0 Å². The van der Waals surface area contributed by atoms with Crippen LogP contribution in [0.15, 0.2) is 24.3 Å². The highest BCUT2D eigenvalue weighted by Gasteiger charge is 2.38. The van der Waals surface area contributed by atoms with E-state index < -0.39 is 12.1 Å². The maximum atomic E-state index is 12.0. The SMILES string of the molecule is CN(C)CC(=O)Nc1ccc(C(=O)N2CCCO2)cc1.O=C(O)C(F)(F)F. The van der Waals surface area contributed by atoms with Crippen LogP contribution in [0.3, 0.4) is 0 Å². The highest BCUT2D eigenvalue weighted by Crippen LogP contribution is 2.14. The predicted octanol–water partition coefficient (Wildman–Crippen LogP) is 1.60. The second-order valence-corrected chi connectivity index (χ2v) is 5.76. The van der Waals surface area contributed by atoms with Gasteiger partial charge in [0.15, 0.2) is 0 Å². The van der Waals surface area contributed by atoms with Gasteiger partial charge in [0.05, 0.1) is 19.7 Å². The monoisotopic (exact) mass is 391 g/mol. The van der Waals surface area contributed by atoms with Crippen LogP contribution in [-0.2, 0) is 14.4 Å². The van der Waals surface area contributed by atoms with Crippen LogP contribution in [0.5, 0.6) is 0 Å². The number of likely N-dealkylation sites (N-methyl/N-ethyl adjacent to an activating group) is 1. The number of hydrogen-bond donors (Lipinski definition) is 2. The molecule has 1 aromatic carbocycles. The Morgan fingerprint density at radius 3 is 2.19 bits per heavy atom. The molecule has 8 nitrogen and oxygen atoms in total. The molecule has 150 valence electrons. The van der Waals surface area contributed by atoms with Gasteiger partial charge < -0.3 is 15.3 Å². The van der Waals surface area contributed by atoms with Crippen molar-refractivity contribution in [1.82, 2.24) is 9.96 Å². The van der Waals surface area contributed by atoms with Gasteiger partial charge >= 0.3 is 12.1 Å². The quantitative estimate of drug-likeness (QED) is 0.809. The van der Waals surface area contributed by atoms with Crippen molar-refractivity contribution in [3.63, 3.8) is 0 Å². The van der Waals surface area contributed by atoms with E-state index in [9.17, 15) is 22.8 Å². The first-order chi connectivity index (χ1) is 12.5. The number of rotatable bonds is 4. The average molecular weight is 391 g/mol. The molecule has 0 atom stereocenters. The number of halogens is 3. The molecular formula is C16H20F3N3O5. The van der Waals surface area contributed by atoms with Crippen LogP contribution in [0, 0.1) is 0 Å². The van der Waals surface area contributed by atoms with Gasteiger partial charge in [0.25, 0.3) is 5.91 Å². The first-order valence-electron chi connectivity index (χ1n) is 7.80. The Morgan fingerprint density at radius 2 is 1.78 bits per heavy atom. The summed E-state index contributed by atoms with van der Waals surface area (Å²) in [5.41, 5.74) is 1.23. The van der Waals surface area contributed by atoms with Gasteiger partial charge in [-0.3, -0.25) is 14.4 Å². The van der Waals surface area contributed by atoms with Crippen molar-refractivity contribution < 1.29 is 37.5 Å². The van der Waals surface area contributed by atoms with Gasteiger partial charge in [0.1, 0.15) is 0 Å². The molecule has 2 amide bonds. The summed E-state index contributed by atoms with van der Waals surface area (Å²) in [6.07, 6.45) is -4.22. The average Bonchev–Trinajstić information content (AvgIpc) is 3.08. The zero-order valence-electron chi connectivity index (χ0n) is 14.7. The lowest BCUT2D eigenvalue weighted by Gasteiger charge is -2.14. The Morgan fingerprint density at radius 1 is 1.22 bits per heavy atom. The summed E-state index contributed by atoms with van der Waals surface area (Å²) >= 11 is 0. The lowest BCUT2D eigenvalue weighted by molar-refractivity contribution is -0.192. The van der Waals surface area contributed by atoms with Gasteiger partial charge in [-0.05, 0) is 44.8 Å². The van der Waals surface area contributed by atoms with Gasteiger partial charge in [0.2, 0.25) is 5.91 Å². The summed E-state index contributed by atoms with van der Waals surface area (Å²) in [6, 6.07) is 6.82. The normalized spacial score (nSPS) is 13.8. The molecule has 27 heavy (non-hydrogen) atoms. The van der Waals surface area contributed by atoms with Crippen LogP contribution in [0.4, 0.5) is 18.9 Å². The Balaban J connectivity index is 0.000000445. The number of alkyl halides is 3. The van der Waals surface area contributed by atoms with E-state index in [4.69, 9.17) is 14.7 Å². The Hall–Kier alpha value is -2.66. The molecule has 0 radical (unpaired) electrons. The van der Waals surface area contributed by atoms with E-state index >= 15 is 0 Å². The minimum Gasteiger partial charge on any atom is -0.475 e. The molecule has 1 heterocycles. The molecule has 0 aromatic heterocycles. The molecule has 1 aliphatic rings. The van der Waals surface area contributed by atoms with Crippen molar-refractivity contribution >= 4 is 23.5 Å². The van der Waals surface area contributed by atoms with Gasteiger partial charge in [-0.1, -0.05) is 0 Å². The summed E-state index contributed by atoms with van der Waals surface area (Å²) in [4.78, 5) is 39.5. The predicted molar refractivity (Wildman–Crippen MR) is 88.9 cm³/mol. The van der Waals surface area contributed by atoms with Gasteiger partial charge in [-0.2, -0.15) is 13.2 Å². The molecule has 1 saturated heterocycles. The first-order valence-corrected chi connectivity index (χ1v) is 7.80. The molecule has 11 heteroatoms. The van der Waals surface area contributed by atoms with Gasteiger partial charge in [0, 0.05) is 11.3 Å². The molecule has 0 spiro atoms. The van der Waals surface area contributed by atoms with Crippen LogP contribution in [0.25, 0.3) is 0 Å². The van der Waals surface area contributed by atoms with Crippen LogP contribution < -0.4 is 5.32 Å². The van der Waals surface area contributed by atoms with E-state index in [2.05, 4.69) is 5.32 Å². The van der Waals surface area contributed by atoms with E-state index in [1.807, 2.05) is 14.1 Å². The number of hydrogen-bond acceptors (Lipinski definition) is 5. The second kappa shape index (κ2) is 9.88. The lowest BCUT2D eigenvalue weighted by atomic mass is 10.2. The number of carboxylic acid groups (broad SMARTS) is 1. The Kier molecular flexibility index (Phi) is 8.19. The minimum atomic E-state index is -5.08. The van der Waals surface area contributed by atoms with Crippen molar-refractivity contribution in [3.05, 3.63) is 29.8 Å². The molecule has 2 rings (SSSR count). The summed E-state index contributed by atoms with van der Waals surface area (Å²) in [6.45, 7) is 1.53. The molecule has 1 aliphatic heterocycles. The third-order valence-electron chi connectivity index (χ3n) is 3.10. The third-order valence-corrected chi connectivity index (χ3v) is 3.10. The standard InChI is InChI=1S/C14H19N3O3.C2HF3O2/c1-16(2)10-13(18)15-12-6-4-11(5-7-12)14(19)17-8-3-9-20-17;3-2(4,5)1(6)7/h4-7H,3,8-10H2,1-2H3,(H,15,18);(H,6,7). The minimum absolute atomic E-state index is 0.0862. The topological polar surface area (TPSA) is 99.2 Å². The van der Waals surface area contributed by atoms with E-state index in [-0.39, 0.29) is 11.8 Å². The molecule has 0 unspecified atom stereocenters. The summed E-state index contributed by atoms with van der Waals surface area (Å²) in [5.74, 6) is -2.99. The first kappa shape index (κ1) is 22.4. The molecule has 0 bridgehead atoms. The number of nitrogens with zero attached hydrogens (tertiary/aromatic N) is 2. The summed E-state index contributed by atoms with van der Waals surface area (Å²) in [7, 11) is 3.66. The van der Waals surface area contributed by atoms with E-state index in [1.165, 1.54) is 5.06 Å². The Labute approximate surface area is 153 Å². The smallest absolute Gasteiger partial charge is 0.475 e. The fraction of sp³-hybridized carbons (Fsp3) is 0.438. The second-order valence-electron chi connectivity index (χ2n) is 5.76. The number of anilines is 1. The maximum absolute atomic E-state index is 12.0. The van der Waals surface area contributed by atoms with E-state index in [0.717, 1.165) is 6.42 Å². The molecular weight excluding hydrogens is 371 g/mol. The van der Waals surface area contributed by atoms with Crippen molar-refractivity contribution in [2.45, 2.75) is 12.6 Å². The van der Waals surface area contributed by atoms with Crippen molar-refractivity contribution in [3.8, 4) is 0 Å². The van der Waals surface area contributed by atoms with Gasteiger partial charge in [-0.15, -0.1) is 0 Å². The lowest BCUT2D eigenvalue weighted by Crippen LogP contribution is -2.27. The number of carbonyl (C=O) groups is 3. The third kappa shape index (κ3) is 8.05. The number of benzene rings is 1.